The van der Waals surface area contributed by atoms with Gasteiger partial charge < -0.3 is 15.4 Å². The largest absolute Gasteiger partial charge is 0.383 e. The normalized spacial score (nSPS) is 22.5. The second-order valence-electron chi connectivity index (χ2n) is 4.85. The molecule has 0 aromatic carbocycles. The third kappa shape index (κ3) is 3.18. The van der Waals surface area contributed by atoms with Crippen LogP contribution in [0.25, 0.3) is 0 Å². The van der Waals surface area contributed by atoms with Crippen LogP contribution in [0.5, 0.6) is 0 Å². The number of hydrogen-bond acceptors (Lipinski definition) is 3. The molecular formula is C11H22N2O2. The molecule has 1 atom stereocenters. The average molecular weight is 214 g/mol. The topological polar surface area (TPSA) is 55.6 Å². The van der Waals surface area contributed by atoms with Crippen LogP contribution in [0.15, 0.2) is 0 Å². The summed E-state index contributed by atoms with van der Waals surface area (Å²) >= 11 is 0. The highest BCUT2D eigenvalue weighted by molar-refractivity contribution is 5.82. The zero-order valence-electron chi connectivity index (χ0n) is 9.95. The number of nitrogens with two attached hydrogens (primary N) is 1. The summed E-state index contributed by atoms with van der Waals surface area (Å²) < 4.78 is 4.99. The van der Waals surface area contributed by atoms with Crippen LogP contribution in [0, 0.1) is 11.3 Å². The standard InChI is InChI=1S/C11H22N2O2/c1-11(2)8-9(11)10(14)13(5-4-12)6-7-15-3/h9H,4-8,12H2,1-3H3. The molecule has 0 heterocycles. The Labute approximate surface area is 91.8 Å². The zero-order chi connectivity index (χ0) is 11.5. The highest BCUT2D eigenvalue weighted by Gasteiger charge is 2.51. The highest BCUT2D eigenvalue weighted by Crippen LogP contribution is 2.52. The van der Waals surface area contributed by atoms with Gasteiger partial charge in [0, 0.05) is 32.7 Å². The Bertz CT molecular complexity index is 229. The van der Waals surface area contributed by atoms with E-state index < -0.39 is 0 Å². The minimum absolute atomic E-state index is 0.191. The maximum absolute atomic E-state index is 12.0. The van der Waals surface area contributed by atoms with Gasteiger partial charge in [0.25, 0.3) is 0 Å². The fourth-order valence-corrected chi connectivity index (χ4v) is 1.80. The molecule has 15 heavy (non-hydrogen) atoms. The van der Waals surface area contributed by atoms with Gasteiger partial charge in [0.05, 0.1) is 6.61 Å². The van der Waals surface area contributed by atoms with Gasteiger partial charge in [-0.25, -0.2) is 0 Å². The number of amides is 1. The molecule has 1 saturated carbocycles. The van der Waals surface area contributed by atoms with Crippen molar-refractivity contribution in [2.45, 2.75) is 20.3 Å². The van der Waals surface area contributed by atoms with E-state index in [-0.39, 0.29) is 17.2 Å². The van der Waals surface area contributed by atoms with Gasteiger partial charge >= 0.3 is 0 Å². The summed E-state index contributed by atoms with van der Waals surface area (Å²) in [5, 5.41) is 0. The van der Waals surface area contributed by atoms with Crippen molar-refractivity contribution in [2.75, 3.05) is 33.4 Å². The van der Waals surface area contributed by atoms with Crippen LogP contribution in [0.4, 0.5) is 0 Å². The van der Waals surface area contributed by atoms with E-state index in [1.807, 2.05) is 4.90 Å². The fraction of sp³-hybridized carbons (Fsp3) is 0.909. The predicted molar refractivity (Wildman–Crippen MR) is 59.4 cm³/mol. The molecule has 0 radical (unpaired) electrons. The Kier molecular flexibility index (Phi) is 4.11. The Morgan fingerprint density at radius 3 is 2.53 bits per heavy atom. The van der Waals surface area contributed by atoms with Crippen LogP contribution < -0.4 is 5.73 Å². The first-order chi connectivity index (χ1) is 7.03. The van der Waals surface area contributed by atoms with Gasteiger partial charge in [-0.15, -0.1) is 0 Å². The summed E-state index contributed by atoms with van der Waals surface area (Å²) in [5.41, 5.74) is 5.68. The number of ether oxygens (including phenoxy) is 1. The molecule has 0 aromatic heterocycles. The molecule has 1 rings (SSSR count). The number of rotatable bonds is 6. The first-order valence-electron chi connectivity index (χ1n) is 5.50. The summed E-state index contributed by atoms with van der Waals surface area (Å²) in [4.78, 5) is 13.9. The van der Waals surface area contributed by atoms with Crippen LogP contribution >= 0.6 is 0 Å². The average Bonchev–Trinajstić information content (AvgIpc) is 2.81. The Hall–Kier alpha value is -0.610. The second kappa shape index (κ2) is 4.94. The van der Waals surface area contributed by atoms with Gasteiger partial charge in [-0.05, 0) is 11.8 Å². The van der Waals surface area contributed by atoms with Crippen molar-refractivity contribution in [3.05, 3.63) is 0 Å². The molecule has 1 unspecified atom stereocenters. The minimum atomic E-state index is 0.191. The first kappa shape index (κ1) is 12.5. The molecule has 0 bridgehead atoms. The van der Waals surface area contributed by atoms with E-state index in [0.29, 0.717) is 26.2 Å². The molecule has 0 spiro atoms. The Morgan fingerprint density at radius 2 is 2.13 bits per heavy atom. The summed E-state index contributed by atoms with van der Waals surface area (Å²) in [5.74, 6) is 0.434. The number of carbonyl (C=O) groups excluding carboxylic acids is 1. The van der Waals surface area contributed by atoms with Gasteiger partial charge in [-0.1, -0.05) is 13.8 Å². The molecule has 0 aromatic rings. The molecule has 1 amide bonds. The van der Waals surface area contributed by atoms with Crippen molar-refractivity contribution >= 4 is 5.91 Å². The van der Waals surface area contributed by atoms with Crippen molar-refractivity contribution in [3.8, 4) is 0 Å². The van der Waals surface area contributed by atoms with Crippen LogP contribution in [-0.2, 0) is 9.53 Å². The van der Waals surface area contributed by atoms with Crippen molar-refractivity contribution in [1.82, 2.24) is 4.90 Å². The van der Waals surface area contributed by atoms with E-state index in [2.05, 4.69) is 13.8 Å². The number of nitrogens with zero attached hydrogens (tertiary/aromatic N) is 1. The third-order valence-electron chi connectivity index (χ3n) is 3.09. The van der Waals surface area contributed by atoms with E-state index in [1.165, 1.54) is 0 Å². The molecule has 1 fully saturated rings. The number of methoxy groups -OCH3 is 1. The summed E-state index contributed by atoms with van der Waals surface area (Å²) in [6, 6.07) is 0. The smallest absolute Gasteiger partial charge is 0.226 e. The fourth-order valence-electron chi connectivity index (χ4n) is 1.80. The van der Waals surface area contributed by atoms with Crippen molar-refractivity contribution in [3.63, 3.8) is 0 Å². The predicted octanol–water partition coefficient (Wildman–Crippen LogP) is 0.466. The van der Waals surface area contributed by atoms with Gasteiger partial charge in [0.1, 0.15) is 0 Å². The van der Waals surface area contributed by atoms with E-state index in [0.717, 1.165) is 6.42 Å². The quantitative estimate of drug-likeness (QED) is 0.699. The van der Waals surface area contributed by atoms with Crippen LogP contribution in [0.1, 0.15) is 20.3 Å². The first-order valence-corrected chi connectivity index (χ1v) is 5.50. The van der Waals surface area contributed by atoms with Crippen LogP contribution in [0.2, 0.25) is 0 Å². The maximum atomic E-state index is 12.0. The molecular weight excluding hydrogens is 192 g/mol. The number of carbonyl (C=O) groups is 1. The lowest BCUT2D eigenvalue weighted by molar-refractivity contribution is -0.133. The van der Waals surface area contributed by atoms with E-state index >= 15 is 0 Å². The zero-order valence-corrected chi connectivity index (χ0v) is 9.95. The minimum Gasteiger partial charge on any atom is -0.383 e. The van der Waals surface area contributed by atoms with Crippen molar-refractivity contribution in [2.24, 2.45) is 17.1 Å². The van der Waals surface area contributed by atoms with Gasteiger partial charge in [0.15, 0.2) is 0 Å². The van der Waals surface area contributed by atoms with Crippen LogP contribution in [0.3, 0.4) is 0 Å². The molecule has 4 nitrogen and oxygen atoms in total. The van der Waals surface area contributed by atoms with E-state index in [9.17, 15) is 4.79 Å². The van der Waals surface area contributed by atoms with E-state index in [1.54, 1.807) is 7.11 Å². The van der Waals surface area contributed by atoms with Gasteiger partial charge in [-0.2, -0.15) is 0 Å². The lowest BCUT2D eigenvalue weighted by atomic mass is 10.1. The highest BCUT2D eigenvalue weighted by atomic mass is 16.5. The SMILES string of the molecule is COCCN(CCN)C(=O)C1CC1(C)C. The molecule has 4 heteroatoms. The van der Waals surface area contributed by atoms with Gasteiger partial charge in [-0.3, -0.25) is 4.79 Å². The van der Waals surface area contributed by atoms with Crippen LogP contribution in [-0.4, -0.2) is 44.2 Å². The Morgan fingerprint density at radius 1 is 1.53 bits per heavy atom. The molecule has 0 aliphatic heterocycles. The van der Waals surface area contributed by atoms with Crippen molar-refractivity contribution in [1.29, 1.82) is 0 Å². The molecule has 0 saturated heterocycles. The second-order valence-corrected chi connectivity index (χ2v) is 4.85. The van der Waals surface area contributed by atoms with Gasteiger partial charge in [0.2, 0.25) is 5.91 Å². The third-order valence-corrected chi connectivity index (χ3v) is 3.09. The molecule has 1 aliphatic rings. The lowest BCUT2D eigenvalue weighted by Gasteiger charge is -2.22. The van der Waals surface area contributed by atoms with Crippen molar-refractivity contribution < 1.29 is 9.53 Å². The summed E-state index contributed by atoms with van der Waals surface area (Å²) in [6.07, 6.45) is 1.000. The summed E-state index contributed by atoms with van der Waals surface area (Å²) in [6.45, 7) is 6.65. The Balaban J connectivity index is 2.45. The van der Waals surface area contributed by atoms with E-state index in [4.69, 9.17) is 10.5 Å². The monoisotopic (exact) mass is 214 g/mol. The summed E-state index contributed by atoms with van der Waals surface area (Å²) in [7, 11) is 1.65. The lowest BCUT2D eigenvalue weighted by Crippen LogP contribution is -2.39. The molecule has 88 valence electrons. The number of hydrogen-bond donors (Lipinski definition) is 1. The molecule has 1 aliphatic carbocycles. The molecule has 2 N–H and O–H groups in total. The maximum Gasteiger partial charge on any atom is 0.226 e.